The van der Waals surface area contributed by atoms with Gasteiger partial charge in [0.2, 0.25) is 0 Å². The fourth-order valence-corrected chi connectivity index (χ4v) is 2.20. The van der Waals surface area contributed by atoms with Crippen LogP contribution in [0.2, 0.25) is 0 Å². The summed E-state index contributed by atoms with van der Waals surface area (Å²) in [7, 11) is 1.62. The van der Waals surface area contributed by atoms with Gasteiger partial charge >= 0.3 is 6.18 Å². The van der Waals surface area contributed by atoms with Crippen molar-refractivity contribution >= 4 is 5.84 Å². The molecular weight excluding hydrogens is 333 g/mol. The van der Waals surface area contributed by atoms with E-state index in [1.807, 2.05) is 30.3 Å². The molecule has 0 radical (unpaired) electrons. The number of ether oxygens (including phenoxy) is 1. The second kappa shape index (κ2) is 7.89. The third kappa shape index (κ3) is 5.39. The van der Waals surface area contributed by atoms with Crippen LogP contribution in [0.1, 0.15) is 16.7 Å². The number of nitrogens with two attached hydrogens (primary N) is 2. The van der Waals surface area contributed by atoms with Gasteiger partial charge in [-0.1, -0.05) is 30.3 Å². The van der Waals surface area contributed by atoms with Crippen LogP contribution in [0.15, 0.2) is 53.6 Å². The van der Waals surface area contributed by atoms with Gasteiger partial charge in [0.05, 0.1) is 12.2 Å². The van der Waals surface area contributed by atoms with Crippen LogP contribution in [0.3, 0.4) is 0 Å². The van der Waals surface area contributed by atoms with E-state index in [-0.39, 0.29) is 0 Å². The molecule has 0 spiro atoms. The van der Waals surface area contributed by atoms with Gasteiger partial charge in [0.15, 0.2) is 5.84 Å². The highest BCUT2D eigenvalue weighted by atomic mass is 19.4. The molecule has 1 aliphatic heterocycles. The minimum Gasteiger partial charge on any atom is -0.493 e. The van der Waals surface area contributed by atoms with Crippen LogP contribution in [0, 0.1) is 0 Å². The van der Waals surface area contributed by atoms with Crippen molar-refractivity contribution in [2.45, 2.75) is 12.6 Å². The van der Waals surface area contributed by atoms with Crippen molar-refractivity contribution in [3.8, 4) is 5.75 Å². The summed E-state index contributed by atoms with van der Waals surface area (Å²) in [6.45, 7) is 0.483. The summed E-state index contributed by atoms with van der Waals surface area (Å²) in [6, 6.07) is 13.0. The van der Waals surface area contributed by atoms with Crippen molar-refractivity contribution in [3.05, 3.63) is 65.2 Å². The van der Waals surface area contributed by atoms with Gasteiger partial charge in [-0.05, 0) is 23.8 Å². The Morgan fingerprint density at radius 2 is 1.84 bits per heavy atom. The van der Waals surface area contributed by atoms with E-state index >= 15 is 0 Å². The quantitative estimate of drug-likeness (QED) is 0.377. The molecule has 1 heterocycles. The lowest BCUT2D eigenvalue weighted by atomic mass is 10.1. The zero-order chi connectivity index (χ0) is 18.4. The minimum atomic E-state index is -4.25. The second-order valence-electron chi connectivity index (χ2n) is 5.34. The number of nitrogens with zero attached hydrogens (tertiary/aromatic N) is 2. The summed E-state index contributed by atoms with van der Waals surface area (Å²) >= 11 is 0. The largest absolute Gasteiger partial charge is 0.493 e. The van der Waals surface area contributed by atoms with Crippen LogP contribution < -0.4 is 16.3 Å². The van der Waals surface area contributed by atoms with Gasteiger partial charge in [0.1, 0.15) is 5.75 Å². The van der Waals surface area contributed by atoms with Gasteiger partial charge in [-0.2, -0.15) is 13.2 Å². The molecule has 0 saturated heterocycles. The maximum absolute atomic E-state index is 12.2. The topological polar surface area (TPSA) is 76.9 Å². The molecule has 134 valence electrons. The number of amidine groups is 1. The highest BCUT2D eigenvalue weighted by molar-refractivity contribution is 5.97. The van der Waals surface area contributed by atoms with Crippen LogP contribution in [-0.2, 0) is 12.6 Å². The highest BCUT2D eigenvalue weighted by Gasteiger charge is 2.31. The highest BCUT2D eigenvalue weighted by Crippen LogP contribution is 2.34. The Balaban J connectivity index is 0.000000181. The van der Waals surface area contributed by atoms with Crippen molar-refractivity contribution in [2.24, 2.45) is 16.7 Å². The molecule has 5 nitrogen and oxygen atoms in total. The Hall–Kier alpha value is -2.74. The number of rotatable bonds is 2. The van der Waals surface area contributed by atoms with Crippen molar-refractivity contribution in [1.82, 2.24) is 5.12 Å². The molecule has 0 fully saturated rings. The number of hydrazone groups is 1. The summed E-state index contributed by atoms with van der Waals surface area (Å²) < 4.78 is 41.7. The molecule has 0 atom stereocenters. The summed E-state index contributed by atoms with van der Waals surface area (Å²) in [4.78, 5) is 0. The van der Waals surface area contributed by atoms with Crippen molar-refractivity contribution in [2.75, 3.05) is 13.7 Å². The van der Waals surface area contributed by atoms with E-state index < -0.39 is 11.7 Å². The van der Waals surface area contributed by atoms with Crippen molar-refractivity contribution in [1.29, 1.82) is 0 Å². The third-order valence-corrected chi connectivity index (χ3v) is 3.35. The van der Waals surface area contributed by atoms with E-state index in [9.17, 15) is 13.2 Å². The summed E-state index contributed by atoms with van der Waals surface area (Å²) in [6.07, 6.45) is -3.68. The monoisotopic (exact) mass is 352 g/mol. The number of benzene rings is 2. The number of hydrogen-bond donors (Lipinski definition) is 2. The molecule has 8 heteroatoms. The molecule has 0 unspecified atom stereocenters. The van der Waals surface area contributed by atoms with Gasteiger partial charge in [-0.25, -0.2) is 11.0 Å². The van der Waals surface area contributed by atoms with Crippen LogP contribution in [0.4, 0.5) is 13.2 Å². The molecule has 2 aromatic rings. The predicted octanol–water partition coefficient (Wildman–Crippen LogP) is 2.75. The maximum atomic E-state index is 12.2. The first-order valence-corrected chi connectivity index (χ1v) is 7.48. The first-order valence-electron chi connectivity index (χ1n) is 7.48. The Morgan fingerprint density at radius 1 is 1.16 bits per heavy atom. The molecule has 0 aliphatic carbocycles. The molecule has 0 saturated carbocycles. The SMILES string of the molecule is CN(N)/N=C(\N)c1ccccc1.FC(F)(F)c1ccc2c(c1)CCO2. The first-order chi connectivity index (χ1) is 11.8. The Bertz CT molecular complexity index is 730. The fourth-order valence-electron chi connectivity index (χ4n) is 2.20. The number of alkyl halides is 3. The molecule has 0 amide bonds. The van der Waals surface area contributed by atoms with Gasteiger partial charge in [0.25, 0.3) is 0 Å². The van der Waals surface area contributed by atoms with Gasteiger partial charge in [-0.15, -0.1) is 5.10 Å². The lowest BCUT2D eigenvalue weighted by Gasteiger charge is -2.07. The summed E-state index contributed by atoms with van der Waals surface area (Å²) in [5.74, 6) is 6.29. The van der Waals surface area contributed by atoms with E-state index in [2.05, 4.69) is 5.10 Å². The van der Waals surface area contributed by atoms with Crippen LogP contribution in [0.25, 0.3) is 0 Å². The third-order valence-electron chi connectivity index (χ3n) is 3.35. The number of hydrazine groups is 1. The van der Waals surface area contributed by atoms with E-state index in [0.717, 1.165) is 17.7 Å². The van der Waals surface area contributed by atoms with Gasteiger partial charge in [0, 0.05) is 19.0 Å². The van der Waals surface area contributed by atoms with E-state index in [1.54, 1.807) is 7.05 Å². The van der Waals surface area contributed by atoms with Crippen LogP contribution in [-0.4, -0.2) is 24.6 Å². The maximum Gasteiger partial charge on any atom is 0.416 e. The second-order valence-corrected chi connectivity index (χ2v) is 5.34. The number of halogens is 3. The molecule has 25 heavy (non-hydrogen) atoms. The zero-order valence-corrected chi connectivity index (χ0v) is 13.6. The van der Waals surface area contributed by atoms with Crippen LogP contribution in [0.5, 0.6) is 5.75 Å². The molecule has 3 rings (SSSR count). The Labute approximate surface area is 143 Å². The molecule has 2 aromatic carbocycles. The number of hydrogen-bond acceptors (Lipinski definition) is 4. The lowest BCUT2D eigenvalue weighted by Crippen LogP contribution is -2.25. The van der Waals surface area contributed by atoms with Gasteiger partial charge in [-0.3, -0.25) is 0 Å². The fraction of sp³-hybridized carbons (Fsp3) is 0.235. The molecule has 1 aliphatic rings. The average molecular weight is 352 g/mol. The minimum absolute atomic E-state index is 0.417. The van der Waals surface area contributed by atoms with Crippen molar-refractivity contribution < 1.29 is 17.9 Å². The first kappa shape index (κ1) is 18.6. The van der Waals surface area contributed by atoms with Crippen LogP contribution >= 0.6 is 0 Å². The van der Waals surface area contributed by atoms with E-state index in [4.69, 9.17) is 16.3 Å². The average Bonchev–Trinajstić information content (AvgIpc) is 3.02. The van der Waals surface area contributed by atoms with Gasteiger partial charge < -0.3 is 10.5 Å². The molecular formula is C17H19F3N4O. The van der Waals surface area contributed by atoms with E-state index in [1.165, 1.54) is 11.2 Å². The Kier molecular flexibility index (Phi) is 5.87. The Morgan fingerprint density at radius 3 is 2.44 bits per heavy atom. The zero-order valence-electron chi connectivity index (χ0n) is 13.6. The lowest BCUT2D eigenvalue weighted by molar-refractivity contribution is -0.137. The molecule has 0 aromatic heterocycles. The van der Waals surface area contributed by atoms with E-state index in [0.29, 0.717) is 30.2 Å². The number of fused-ring (bicyclic) bond motifs is 1. The summed E-state index contributed by atoms with van der Waals surface area (Å²) in [5.41, 5.74) is 6.54. The molecule has 4 N–H and O–H groups in total. The summed E-state index contributed by atoms with van der Waals surface area (Å²) in [5, 5.41) is 5.04. The normalized spacial score (nSPS) is 13.4. The smallest absolute Gasteiger partial charge is 0.416 e. The molecule has 0 bridgehead atoms. The van der Waals surface area contributed by atoms with Crippen molar-refractivity contribution in [3.63, 3.8) is 0 Å². The standard InChI is InChI=1S/C9H7F3O.C8H12N4/c10-9(11,12)7-1-2-8-6(5-7)3-4-13-8;1-12(10)11-8(9)7-5-3-2-4-6-7/h1-2,5H,3-4H2;2-6H,10H2,1H3,(H2,9,11). The predicted molar refractivity (Wildman–Crippen MR) is 89.8 cm³/mol.